The van der Waals surface area contributed by atoms with Gasteiger partial charge in [0.05, 0.1) is 6.61 Å². The van der Waals surface area contributed by atoms with Gasteiger partial charge in [-0.2, -0.15) is 0 Å². The molecule has 3 nitrogen and oxygen atoms in total. The predicted molar refractivity (Wildman–Crippen MR) is 69.0 cm³/mol. The maximum Gasteiger partial charge on any atom is 0.330 e. The van der Waals surface area contributed by atoms with Gasteiger partial charge in [-0.05, 0) is 24.4 Å². The van der Waals surface area contributed by atoms with Crippen molar-refractivity contribution in [1.82, 2.24) is 0 Å². The number of carbonyl (C=O) groups is 2. The van der Waals surface area contributed by atoms with Crippen LogP contribution in [0, 0.1) is 0 Å². The molecular formula is C13H21ClO3. The van der Waals surface area contributed by atoms with Crippen LogP contribution in [0.4, 0.5) is 0 Å². The highest BCUT2D eigenvalue weighted by molar-refractivity contribution is 6.63. The standard InChI is InChI=1S/C13H21ClO3/c1-2-13(16)17-11-9-7-5-3-4-6-8-10-12(14)15/h2H,1,3-11H2. The van der Waals surface area contributed by atoms with Crippen molar-refractivity contribution in [1.29, 1.82) is 0 Å². The zero-order valence-electron chi connectivity index (χ0n) is 10.3. The molecule has 0 aromatic carbocycles. The van der Waals surface area contributed by atoms with Crippen molar-refractivity contribution < 1.29 is 14.3 Å². The van der Waals surface area contributed by atoms with E-state index in [-0.39, 0.29) is 11.2 Å². The molecular weight excluding hydrogens is 240 g/mol. The molecule has 0 radical (unpaired) electrons. The molecule has 0 bridgehead atoms. The van der Waals surface area contributed by atoms with E-state index in [4.69, 9.17) is 16.3 Å². The number of rotatable bonds is 11. The van der Waals surface area contributed by atoms with Gasteiger partial charge in [0.2, 0.25) is 5.24 Å². The summed E-state index contributed by atoms with van der Waals surface area (Å²) in [7, 11) is 0. The molecule has 0 saturated carbocycles. The molecule has 98 valence electrons. The molecule has 0 aliphatic rings. The molecule has 0 N–H and O–H groups in total. The Labute approximate surface area is 108 Å². The van der Waals surface area contributed by atoms with Crippen LogP contribution in [0.15, 0.2) is 12.7 Å². The van der Waals surface area contributed by atoms with E-state index in [2.05, 4.69) is 6.58 Å². The fourth-order valence-corrected chi connectivity index (χ4v) is 1.62. The number of hydrogen-bond donors (Lipinski definition) is 0. The summed E-state index contributed by atoms with van der Waals surface area (Å²) in [6.07, 6.45) is 9.02. The zero-order chi connectivity index (χ0) is 12.9. The summed E-state index contributed by atoms with van der Waals surface area (Å²) in [5.41, 5.74) is 0. The first-order chi connectivity index (χ1) is 8.16. The van der Waals surface area contributed by atoms with Crippen LogP contribution in [0.5, 0.6) is 0 Å². The molecule has 0 fully saturated rings. The van der Waals surface area contributed by atoms with Gasteiger partial charge in [0.15, 0.2) is 0 Å². The minimum atomic E-state index is -0.351. The highest BCUT2D eigenvalue weighted by Gasteiger charge is 1.97. The third-order valence-corrected chi connectivity index (χ3v) is 2.62. The number of esters is 1. The summed E-state index contributed by atoms with van der Waals surface area (Å²) >= 11 is 5.23. The summed E-state index contributed by atoms with van der Waals surface area (Å²) in [5.74, 6) is -0.351. The first-order valence-corrected chi connectivity index (χ1v) is 6.52. The largest absolute Gasteiger partial charge is 0.463 e. The summed E-state index contributed by atoms with van der Waals surface area (Å²) < 4.78 is 4.85. The quantitative estimate of drug-likeness (QED) is 0.247. The van der Waals surface area contributed by atoms with E-state index in [9.17, 15) is 9.59 Å². The lowest BCUT2D eigenvalue weighted by atomic mass is 10.1. The third-order valence-electron chi connectivity index (χ3n) is 2.43. The van der Waals surface area contributed by atoms with Gasteiger partial charge in [0.25, 0.3) is 0 Å². The summed E-state index contributed by atoms with van der Waals surface area (Å²) in [6, 6.07) is 0. The molecule has 0 rings (SSSR count). The Morgan fingerprint density at radius 3 is 2.06 bits per heavy atom. The molecule has 0 spiro atoms. The van der Waals surface area contributed by atoms with Crippen LogP contribution in [0.2, 0.25) is 0 Å². The van der Waals surface area contributed by atoms with Crippen LogP contribution < -0.4 is 0 Å². The molecule has 0 heterocycles. The number of carbonyl (C=O) groups excluding carboxylic acids is 2. The maximum atomic E-state index is 10.7. The van der Waals surface area contributed by atoms with Gasteiger partial charge < -0.3 is 4.74 Å². The van der Waals surface area contributed by atoms with Crippen molar-refractivity contribution in [2.24, 2.45) is 0 Å². The number of hydrogen-bond acceptors (Lipinski definition) is 3. The highest BCUT2D eigenvalue weighted by Crippen LogP contribution is 2.09. The molecule has 0 saturated heterocycles. The van der Waals surface area contributed by atoms with Crippen molar-refractivity contribution in [2.45, 2.75) is 51.4 Å². The Balaban J connectivity index is 3.06. The van der Waals surface area contributed by atoms with Gasteiger partial charge in [-0.15, -0.1) is 0 Å². The SMILES string of the molecule is C=CC(=O)OCCCCCCCCCC(=O)Cl. The average Bonchev–Trinajstić information content (AvgIpc) is 2.30. The number of unbranched alkanes of at least 4 members (excludes halogenated alkanes) is 6. The fraction of sp³-hybridized carbons (Fsp3) is 0.692. The molecule has 0 atom stereocenters. The molecule has 4 heteroatoms. The van der Waals surface area contributed by atoms with Crippen LogP contribution in [-0.4, -0.2) is 17.8 Å². The zero-order valence-corrected chi connectivity index (χ0v) is 11.0. The second kappa shape index (κ2) is 11.6. The fourth-order valence-electron chi connectivity index (χ4n) is 1.48. The molecule has 0 aliphatic carbocycles. The summed E-state index contributed by atoms with van der Waals surface area (Å²) in [6.45, 7) is 3.80. The second-order valence-electron chi connectivity index (χ2n) is 3.95. The van der Waals surface area contributed by atoms with Crippen molar-refractivity contribution >= 4 is 22.8 Å². The summed E-state index contributed by atoms with van der Waals surface area (Å²) in [4.78, 5) is 21.1. The Hall–Kier alpha value is -0.830. The molecule has 0 unspecified atom stereocenters. The molecule has 0 aliphatic heterocycles. The second-order valence-corrected chi connectivity index (χ2v) is 4.37. The predicted octanol–water partition coefficient (Wildman–Crippen LogP) is 3.60. The normalized spacial score (nSPS) is 9.94. The minimum absolute atomic E-state index is 0.242. The minimum Gasteiger partial charge on any atom is -0.463 e. The van der Waals surface area contributed by atoms with Gasteiger partial charge in [-0.1, -0.05) is 38.7 Å². The van der Waals surface area contributed by atoms with E-state index in [0.717, 1.165) is 44.9 Å². The van der Waals surface area contributed by atoms with E-state index >= 15 is 0 Å². The highest BCUT2D eigenvalue weighted by atomic mass is 35.5. The first kappa shape index (κ1) is 16.2. The molecule has 17 heavy (non-hydrogen) atoms. The molecule has 0 amide bonds. The van der Waals surface area contributed by atoms with E-state index in [1.165, 1.54) is 6.08 Å². The van der Waals surface area contributed by atoms with E-state index in [0.29, 0.717) is 13.0 Å². The smallest absolute Gasteiger partial charge is 0.330 e. The van der Waals surface area contributed by atoms with Crippen LogP contribution in [0.25, 0.3) is 0 Å². The topological polar surface area (TPSA) is 43.4 Å². The van der Waals surface area contributed by atoms with E-state index in [1.54, 1.807) is 0 Å². The van der Waals surface area contributed by atoms with Crippen molar-refractivity contribution in [3.8, 4) is 0 Å². The van der Waals surface area contributed by atoms with Crippen LogP contribution in [0.3, 0.4) is 0 Å². The number of halogens is 1. The van der Waals surface area contributed by atoms with Crippen molar-refractivity contribution in [3.63, 3.8) is 0 Å². The monoisotopic (exact) mass is 260 g/mol. The maximum absolute atomic E-state index is 10.7. The molecule has 0 aromatic heterocycles. The van der Waals surface area contributed by atoms with Crippen LogP contribution in [0.1, 0.15) is 51.4 Å². The Kier molecular flexibility index (Phi) is 11.1. The van der Waals surface area contributed by atoms with Gasteiger partial charge in [0, 0.05) is 12.5 Å². The summed E-state index contributed by atoms with van der Waals surface area (Å²) in [5, 5.41) is -0.242. The Morgan fingerprint density at radius 1 is 1.00 bits per heavy atom. The van der Waals surface area contributed by atoms with Crippen LogP contribution in [-0.2, 0) is 14.3 Å². The van der Waals surface area contributed by atoms with Gasteiger partial charge in [-0.25, -0.2) is 4.79 Å². The van der Waals surface area contributed by atoms with Crippen molar-refractivity contribution in [2.75, 3.05) is 6.61 Å². The van der Waals surface area contributed by atoms with E-state index < -0.39 is 0 Å². The lowest BCUT2D eigenvalue weighted by molar-refractivity contribution is -0.137. The van der Waals surface area contributed by atoms with Gasteiger partial charge in [-0.3, -0.25) is 4.79 Å². The Morgan fingerprint density at radius 2 is 1.53 bits per heavy atom. The first-order valence-electron chi connectivity index (χ1n) is 6.14. The van der Waals surface area contributed by atoms with Crippen LogP contribution >= 0.6 is 11.6 Å². The lowest BCUT2D eigenvalue weighted by Gasteiger charge is -2.02. The average molecular weight is 261 g/mol. The number of ether oxygens (including phenoxy) is 1. The molecule has 0 aromatic rings. The lowest BCUT2D eigenvalue weighted by Crippen LogP contribution is -2.01. The van der Waals surface area contributed by atoms with E-state index in [1.807, 2.05) is 0 Å². The Bertz CT molecular complexity index is 239. The van der Waals surface area contributed by atoms with Gasteiger partial charge >= 0.3 is 5.97 Å². The third kappa shape index (κ3) is 13.1. The van der Waals surface area contributed by atoms with Crippen molar-refractivity contribution in [3.05, 3.63) is 12.7 Å². The van der Waals surface area contributed by atoms with Gasteiger partial charge in [0.1, 0.15) is 0 Å².